The molecule has 2 N–H and O–H groups in total. The van der Waals surface area contributed by atoms with E-state index in [0.717, 1.165) is 23.4 Å². The van der Waals surface area contributed by atoms with Crippen molar-refractivity contribution in [3.05, 3.63) is 68.2 Å². The normalized spacial score (nSPS) is 10.7. The first kappa shape index (κ1) is 20.5. The summed E-state index contributed by atoms with van der Waals surface area (Å²) in [4.78, 5) is 0. The lowest BCUT2D eigenvalue weighted by molar-refractivity contribution is 0.284. The highest BCUT2D eigenvalue weighted by Crippen LogP contribution is 2.37. The van der Waals surface area contributed by atoms with Crippen molar-refractivity contribution in [1.82, 2.24) is 14.9 Å². The summed E-state index contributed by atoms with van der Waals surface area (Å²) in [5.41, 5.74) is 5.02. The van der Waals surface area contributed by atoms with E-state index < -0.39 is 0 Å². The molecule has 0 atom stereocenters. The van der Waals surface area contributed by atoms with Crippen LogP contribution in [0.25, 0.3) is 0 Å². The molecule has 3 aromatic rings. The fourth-order valence-corrected chi connectivity index (χ4v) is 3.37. The second kappa shape index (κ2) is 9.32. The van der Waals surface area contributed by atoms with E-state index in [2.05, 4.69) is 15.6 Å². The molecule has 0 radical (unpaired) electrons. The van der Waals surface area contributed by atoms with Crippen LogP contribution in [0.5, 0.6) is 11.5 Å². The van der Waals surface area contributed by atoms with E-state index in [-0.39, 0.29) is 6.61 Å². The predicted molar refractivity (Wildman–Crippen MR) is 114 cm³/mol. The van der Waals surface area contributed by atoms with E-state index >= 15 is 0 Å². The Hall–Kier alpha value is -2.22. The molecule has 1 heterocycles. The molecule has 0 spiro atoms. The smallest absolute Gasteiger partial charge is 0.214 e. The Kier molecular flexibility index (Phi) is 6.83. The van der Waals surface area contributed by atoms with Crippen LogP contribution in [0.1, 0.15) is 23.9 Å². The van der Waals surface area contributed by atoms with Gasteiger partial charge in [0, 0.05) is 17.0 Å². The van der Waals surface area contributed by atoms with Gasteiger partial charge < -0.3 is 14.9 Å². The molecule has 0 aliphatic heterocycles. The van der Waals surface area contributed by atoms with Gasteiger partial charge in [-0.2, -0.15) is 5.10 Å². The van der Waals surface area contributed by atoms with E-state index in [1.807, 2.05) is 43.3 Å². The van der Waals surface area contributed by atoms with Crippen molar-refractivity contribution in [3.8, 4) is 11.5 Å². The number of hydrogen-bond donors (Lipinski definition) is 2. The number of halogens is 2. The molecule has 0 saturated heterocycles. The molecule has 0 aliphatic carbocycles. The molecule has 3 rings (SSSR count). The number of aromatic amines is 1. The zero-order valence-corrected chi connectivity index (χ0v) is 17.8. The van der Waals surface area contributed by atoms with Crippen LogP contribution >= 0.6 is 35.4 Å². The van der Waals surface area contributed by atoms with Crippen molar-refractivity contribution < 1.29 is 9.47 Å². The zero-order valence-electron chi connectivity index (χ0n) is 15.5. The molecule has 0 saturated carbocycles. The van der Waals surface area contributed by atoms with E-state index in [4.69, 9.17) is 44.9 Å². The van der Waals surface area contributed by atoms with Crippen LogP contribution in [0.4, 0.5) is 0 Å². The third kappa shape index (κ3) is 4.60. The van der Waals surface area contributed by atoms with Crippen molar-refractivity contribution in [2.75, 3.05) is 12.5 Å². The number of nitrogens with zero attached hydrogens (tertiary/aromatic N) is 2. The summed E-state index contributed by atoms with van der Waals surface area (Å²) < 4.78 is 13.6. The van der Waals surface area contributed by atoms with Gasteiger partial charge in [-0.05, 0) is 36.0 Å². The third-order valence-corrected chi connectivity index (χ3v) is 5.04. The van der Waals surface area contributed by atoms with Crippen LogP contribution in [-0.2, 0) is 19.6 Å². The van der Waals surface area contributed by atoms with Crippen LogP contribution < -0.4 is 14.9 Å². The van der Waals surface area contributed by atoms with Gasteiger partial charge in [-0.25, -0.2) is 4.68 Å². The Balaban J connectivity index is 1.76. The fraction of sp³-hybridized carbons (Fsp3) is 0.263. The molecular weight excluding hydrogens is 419 g/mol. The number of rotatable bonds is 8. The number of hydrogen-bond acceptors (Lipinski definition) is 5. The van der Waals surface area contributed by atoms with E-state index in [1.165, 1.54) is 0 Å². The molecule has 9 heteroatoms. The number of aryl methyl sites for hydroxylation is 1. The van der Waals surface area contributed by atoms with Crippen LogP contribution in [0.2, 0.25) is 10.0 Å². The Morgan fingerprint density at radius 1 is 1.21 bits per heavy atom. The average molecular weight is 439 g/mol. The minimum absolute atomic E-state index is 0.289. The molecule has 0 aliphatic rings. The standard InChI is InChI=1S/C19H20Cl2N4O2S/c1-3-17-23-24-19(28)25(17)22-10-12-8-15(21)18(16(9-12)26-2)27-11-13-6-4-5-7-14(13)20/h4-9,22H,3,10-11H2,1-2H3,(H,24,28). The second-order valence-corrected chi connectivity index (χ2v) is 7.16. The lowest BCUT2D eigenvalue weighted by Crippen LogP contribution is -2.17. The number of benzene rings is 2. The highest BCUT2D eigenvalue weighted by atomic mass is 35.5. The summed E-state index contributed by atoms with van der Waals surface area (Å²) in [5.74, 6) is 1.84. The largest absolute Gasteiger partial charge is 0.493 e. The Morgan fingerprint density at radius 3 is 2.71 bits per heavy atom. The minimum atomic E-state index is 0.289. The SMILES string of the molecule is CCc1n[nH]c(=S)n1NCc1cc(Cl)c(OCc2ccccc2Cl)c(OC)c1. The summed E-state index contributed by atoms with van der Waals surface area (Å²) in [5, 5.41) is 8.04. The number of ether oxygens (including phenoxy) is 2. The van der Waals surface area contributed by atoms with Crippen LogP contribution in [-0.4, -0.2) is 22.0 Å². The van der Waals surface area contributed by atoms with Crippen molar-refractivity contribution in [2.24, 2.45) is 0 Å². The maximum Gasteiger partial charge on any atom is 0.214 e. The average Bonchev–Trinajstić information content (AvgIpc) is 3.05. The zero-order chi connectivity index (χ0) is 20.1. The van der Waals surface area contributed by atoms with Crippen molar-refractivity contribution in [1.29, 1.82) is 0 Å². The molecule has 6 nitrogen and oxygen atoms in total. The quantitative estimate of drug-likeness (QED) is 0.476. The van der Waals surface area contributed by atoms with E-state index in [1.54, 1.807) is 11.8 Å². The van der Waals surface area contributed by atoms with Gasteiger partial charge in [0.05, 0.1) is 18.7 Å². The van der Waals surface area contributed by atoms with Crippen molar-refractivity contribution in [2.45, 2.75) is 26.5 Å². The van der Waals surface area contributed by atoms with Gasteiger partial charge in [0.1, 0.15) is 6.61 Å². The first-order valence-electron chi connectivity index (χ1n) is 8.66. The van der Waals surface area contributed by atoms with Gasteiger partial charge in [-0.1, -0.05) is 48.3 Å². The molecule has 148 valence electrons. The van der Waals surface area contributed by atoms with Gasteiger partial charge in [0.2, 0.25) is 4.77 Å². The van der Waals surface area contributed by atoms with E-state index in [9.17, 15) is 0 Å². The molecule has 0 bridgehead atoms. The number of aromatic nitrogens is 3. The molecule has 2 aromatic carbocycles. The highest BCUT2D eigenvalue weighted by Gasteiger charge is 2.14. The molecule has 0 amide bonds. The molecular formula is C19H20Cl2N4O2S. The monoisotopic (exact) mass is 438 g/mol. The van der Waals surface area contributed by atoms with Crippen molar-refractivity contribution in [3.63, 3.8) is 0 Å². The molecule has 0 unspecified atom stereocenters. The summed E-state index contributed by atoms with van der Waals surface area (Å²) in [6.45, 7) is 2.78. The highest BCUT2D eigenvalue weighted by molar-refractivity contribution is 7.71. The molecule has 1 aromatic heterocycles. The lowest BCUT2D eigenvalue weighted by Gasteiger charge is -2.16. The Bertz CT molecular complexity index is 1020. The maximum absolute atomic E-state index is 6.46. The maximum atomic E-state index is 6.46. The molecule has 0 fully saturated rings. The number of nitrogens with one attached hydrogen (secondary N) is 2. The summed E-state index contributed by atoms with van der Waals surface area (Å²) in [7, 11) is 1.58. The Morgan fingerprint density at radius 2 is 2.00 bits per heavy atom. The lowest BCUT2D eigenvalue weighted by atomic mass is 10.2. The topological polar surface area (TPSA) is 64.1 Å². The third-order valence-electron chi connectivity index (χ3n) is 4.12. The first-order chi connectivity index (χ1) is 13.5. The number of methoxy groups -OCH3 is 1. The minimum Gasteiger partial charge on any atom is -0.493 e. The van der Waals surface area contributed by atoms with E-state index in [0.29, 0.717) is 32.9 Å². The first-order valence-corrected chi connectivity index (χ1v) is 9.82. The molecule has 28 heavy (non-hydrogen) atoms. The number of H-pyrrole nitrogens is 1. The Labute approximate surface area is 178 Å². The summed E-state index contributed by atoms with van der Waals surface area (Å²) >= 11 is 17.9. The van der Waals surface area contributed by atoms with Crippen molar-refractivity contribution >= 4 is 35.4 Å². The van der Waals surface area contributed by atoms with Crippen LogP contribution in [0.15, 0.2) is 36.4 Å². The summed E-state index contributed by atoms with van der Waals surface area (Å²) in [6, 6.07) is 11.2. The summed E-state index contributed by atoms with van der Waals surface area (Å²) in [6.07, 6.45) is 0.749. The van der Waals surface area contributed by atoms with Gasteiger partial charge >= 0.3 is 0 Å². The van der Waals surface area contributed by atoms with Crippen LogP contribution in [0, 0.1) is 4.77 Å². The van der Waals surface area contributed by atoms with Gasteiger partial charge in [0.15, 0.2) is 17.3 Å². The van der Waals surface area contributed by atoms with Crippen LogP contribution in [0.3, 0.4) is 0 Å². The van der Waals surface area contributed by atoms with Gasteiger partial charge in [-0.15, -0.1) is 0 Å². The second-order valence-electron chi connectivity index (χ2n) is 5.96. The van der Waals surface area contributed by atoms with Gasteiger partial charge in [0.25, 0.3) is 0 Å². The van der Waals surface area contributed by atoms with Gasteiger partial charge in [-0.3, -0.25) is 5.10 Å². The predicted octanol–water partition coefficient (Wildman–Crippen LogP) is 5.14. The fourth-order valence-electron chi connectivity index (χ4n) is 2.68.